The smallest absolute Gasteiger partial charge is 0.165 e. The van der Waals surface area contributed by atoms with Gasteiger partial charge in [-0.15, -0.1) is 11.3 Å². The normalized spacial score (nSPS) is 11.6. The highest BCUT2D eigenvalue weighted by molar-refractivity contribution is 7.09. The van der Waals surface area contributed by atoms with Crippen molar-refractivity contribution >= 4 is 11.3 Å². The second kappa shape index (κ2) is 6.33. The minimum absolute atomic E-state index is 0.0265. The van der Waals surface area contributed by atoms with Gasteiger partial charge in [0, 0.05) is 23.8 Å². The van der Waals surface area contributed by atoms with Crippen LogP contribution in [-0.4, -0.2) is 10.5 Å². The molecule has 0 aliphatic carbocycles. The molecule has 2 rings (SSSR count). The molecule has 1 heterocycles. The molecule has 0 aliphatic heterocycles. The standard InChI is InChI=1S/C15H19FN2OS/c1-15(2,3)18-7-11-5-4-6-13(16)14(11)19-9-12-8-17-10-20-12/h4-6,8,10,18H,7,9H2,1-3H3. The van der Waals surface area contributed by atoms with E-state index in [4.69, 9.17) is 4.74 Å². The molecule has 0 aliphatic rings. The van der Waals surface area contributed by atoms with Gasteiger partial charge < -0.3 is 10.1 Å². The first-order valence-corrected chi connectivity index (χ1v) is 7.36. The van der Waals surface area contributed by atoms with Crippen LogP contribution in [0, 0.1) is 5.82 Å². The van der Waals surface area contributed by atoms with E-state index in [1.165, 1.54) is 17.4 Å². The summed E-state index contributed by atoms with van der Waals surface area (Å²) in [4.78, 5) is 4.96. The van der Waals surface area contributed by atoms with Crippen LogP contribution in [-0.2, 0) is 13.2 Å². The van der Waals surface area contributed by atoms with E-state index in [2.05, 4.69) is 31.1 Å². The van der Waals surface area contributed by atoms with Crippen molar-refractivity contribution in [3.05, 3.63) is 46.2 Å². The number of hydrogen-bond acceptors (Lipinski definition) is 4. The van der Waals surface area contributed by atoms with E-state index >= 15 is 0 Å². The van der Waals surface area contributed by atoms with Crippen LogP contribution in [0.15, 0.2) is 29.9 Å². The van der Waals surface area contributed by atoms with Crippen molar-refractivity contribution in [1.29, 1.82) is 0 Å². The molecule has 0 saturated carbocycles. The Morgan fingerprint density at radius 3 is 2.80 bits per heavy atom. The third-order valence-corrected chi connectivity index (χ3v) is 3.45. The van der Waals surface area contributed by atoms with Gasteiger partial charge in [0.1, 0.15) is 6.61 Å². The maximum atomic E-state index is 13.9. The maximum Gasteiger partial charge on any atom is 0.165 e. The molecule has 0 radical (unpaired) electrons. The Balaban J connectivity index is 2.09. The van der Waals surface area contributed by atoms with Crippen LogP contribution in [0.3, 0.4) is 0 Å². The molecule has 20 heavy (non-hydrogen) atoms. The third-order valence-electron chi connectivity index (χ3n) is 2.70. The highest BCUT2D eigenvalue weighted by Crippen LogP contribution is 2.24. The minimum atomic E-state index is -0.331. The second-order valence-electron chi connectivity index (χ2n) is 5.59. The van der Waals surface area contributed by atoms with E-state index < -0.39 is 0 Å². The number of thiazole rings is 1. The molecule has 3 nitrogen and oxygen atoms in total. The first-order chi connectivity index (χ1) is 9.46. The molecule has 0 amide bonds. The molecule has 0 bridgehead atoms. The Labute approximate surface area is 122 Å². The summed E-state index contributed by atoms with van der Waals surface area (Å²) in [6.45, 7) is 7.13. The van der Waals surface area contributed by atoms with Crippen molar-refractivity contribution in [2.24, 2.45) is 0 Å². The second-order valence-corrected chi connectivity index (χ2v) is 6.56. The van der Waals surface area contributed by atoms with Gasteiger partial charge >= 0.3 is 0 Å². The zero-order valence-corrected chi connectivity index (χ0v) is 12.8. The Morgan fingerprint density at radius 1 is 1.35 bits per heavy atom. The topological polar surface area (TPSA) is 34.1 Å². The van der Waals surface area contributed by atoms with Gasteiger partial charge in [-0.05, 0) is 26.8 Å². The van der Waals surface area contributed by atoms with E-state index in [1.807, 2.05) is 6.07 Å². The average molecular weight is 294 g/mol. The summed E-state index contributed by atoms with van der Waals surface area (Å²) in [6, 6.07) is 5.00. The summed E-state index contributed by atoms with van der Waals surface area (Å²) in [5, 5.41) is 3.34. The number of rotatable bonds is 5. The molecule has 0 atom stereocenters. The van der Waals surface area contributed by atoms with Gasteiger partial charge in [-0.25, -0.2) is 4.39 Å². The van der Waals surface area contributed by atoms with Gasteiger partial charge in [-0.2, -0.15) is 0 Å². The minimum Gasteiger partial charge on any atom is -0.485 e. The van der Waals surface area contributed by atoms with Gasteiger partial charge in [-0.3, -0.25) is 4.98 Å². The van der Waals surface area contributed by atoms with Gasteiger partial charge in [0.25, 0.3) is 0 Å². The van der Waals surface area contributed by atoms with Crippen LogP contribution < -0.4 is 10.1 Å². The predicted molar refractivity (Wildman–Crippen MR) is 79.4 cm³/mol. The predicted octanol–water partition coefficient (Wildman–Crippen LogP) is 3.75. The van der Waals surface area contributed by atoms with Crippen LogP contribution in [0.25, 0.3) is 0 Å². The average Bonchev–Trinajstić information content (AvgIpc) is 2.87. The van der Waals surface area contributed by atoms with E-state index in [9.17, 15) is 4.39 Å². The zero-order valence-electron chi connectivity index (χ0n) is 11.9. The summed E-state index contributed by atoms with van der Waals surface area (Å²) < 4.78 is 19.6. The molecular weight excluding hydrogens is 275 g/mol. The number of nitrogens with one attached hydrogen (secondary N) is 1. The summed E-state index contributed by atoms with van der Waals surface area (Å²) in [7, 11) is 0. The highest BCUT2D eigenvalue weighted by atomic mass is 32.1. The quantitative estimate of drug-likeness (QED) is 0.912. The number of ether oxygens (including phenoxy) is 1. The summed E-state index contributed by atoms with van der Waals surface area (Å²) >= 11 is 1.50. The van der Waals surface area contributed by atoms with Gasteiger partial charge in [0.05, 0.1) is 10.4 Å². The summed E-state index contributed by atoms with van der Waals surface area (Å²) in [6.07, 6.45) is 1.73. The van der Waals surface area contributed by atoms with Crippen LogP contribution in [0.5, 0.6) is 5.75 Å². The van der Waals surface area contributed by atoms with E-state index in [0.29, 0.717) is 18.9 Å². The van der Waals surface area contributed by atoms with Crippen molar-refractivity contribution in [3.63, 3.8) is 0 Å². The van der Waals surface area contributed by atoms with Crippen LogP contribution in [0.2, 0.25) is 0 Å². The fraction of sp³-hybridized carbons (Fsp3) is 0.400. The van der Waals surface area contributed by atoms with Crippen molar-refractivity contribution in [2.45, 2.75) is 39.5 Å². The highest BCUT2D eigenvalue weighted by Gasteiger charge is 2.14. The number of halogens is 1. The number of aromatic nitrogens is 1. The Kier molecular flexibility index (Phi) is 4.73. The molecule has 0 unspecified atom stereocenters. The van der Waals surface area contributed by atoms with Gasteiger partial charge in [0.2, 0.25) is 0 Å². The Hall–Kier alpha value is -1.46. The molecule has 0 saturated heterocycles. The fourth-order valence-electron chi connectivity index (χ4n) is 1.67. The molecular formula is C15H19FN2OS. The monoisotopic (exact) mass is 294 g/mol. The van der Waals surface area contributed by atoms with Crippen LogP contribution >= 0.6 is 11.3 Å². The number of nitrogens with zero attached hydrogens (tertiary/aromatic N) is 1. The van der Waals surface area contributed by atoms with Crippen molar-refractivity contribution in [3.8, 4) is 5.75 Å². The Morgan fingerprint density at radius 2 is 2.15 bits per heavy atom. The molecule has 1 aromatic carbocycles. The fourth-order valence-corrected chi connectivity index (χ4v) is 2.18. The third kappa shape index (κ3) is 4.28. The van der Waals surface area contributed by atoms with Crippen molar-refractivity contribution in [1.82, 2.24) is 10.3 Å². The molecule has 1 aromatic heterocycles. The molecule has 108 valence electrons. The van der Waals surface area contributed by atoms with E-state index in [-0.39, 0.29) is 11.4 Å². The molecule has 1 N–H and O–H groups in total. The first-order valence-electron chi connectivity index (χ1n) is 6.48. The number of para-hydroxylation sites is 1. The number of hydrogen-bond donors (Lipinski definition) is 1. The lowest BCUT2D eigenvalue weighted by Gasteiger charge is -2.21. The molecule has 5 heteroatoms. The zero-order chi connectivity index (χ0) is 14.6. The van der Waals surface area contributed by atoms with Gasteiger partial charge in [0.15, 0.2) is 11.6 Å². The van der Waals surface area contributed by atoms with E-state index in [0.717, 1.165) is 10.4 Å². The van der Waals surface area contributed by atoms with E-state index in [1.54, 1.807) is 17.8 Å². The molecule has 2 aromatic rings. The van der Waals surface area contributed by atoms with Crippen molar-refractivity contribution < 1.29 is 9.13 Å². The Bertz CT molecular complexity index is 549. The van der Waals surface area contributed by atoms with Crippen LogP contribution in [0.1, 0.15) is 31.2 Å². The van der Waals surface area contributed by atoms with Crippen molar-refractivity contribution in [2.75, 3.05) is 0 Å². The lowest BCUT2D eigenvalue weighted by Crippen LogP contribution is -2.35. The lowest BCUT2D eigenvalue weighted by molar-refractivity contribution is 0.287. The van der Waals surface area contributed by atoms with Crippen LogP contribution in [0.4, 0.5) is 4.39 Å². The SMILES string of the molecule is CC(C)(C)NCc1cccc(F)c1OCc1cncs1. The summed E-state index contributed by atoms with van der Waals surface area (Å²) in [5.74, 6) is -0.0135. The maximum absolute atomic E-state index is 13.9. The molecule has 0 spiro atoms. The molecule has 0 fully saturated rings. The first kappa shape index (κ1) is 14.9. The summed E-state index contributed by atoms with van der Waals surface area (Å²) in [5.41, 5.74) is 2.54. The lowest BCUT2D eigenvalue weighted by atomic mass is 10.1. The number of benzene rings is 1. The largest absolute Gasteiger partial charge is 0.485 e. The van der Waals surface area contributed by atoms with Gasteiger partial charge in [-0.1, -0.05) is 12.1 Å².